The molecule has 0 aliphatic rings. The van der Waals surface area contributed by atoms with Crippen molar-refractivity contribution in [3.8, 4) is 6.07 Å². The van der Waals surface area contributed by atoms with E-state index >= 15 is 0 Å². The van der Waals surface area contributed by atoms with E-state index in [0.717, 1.165) is 22.4 Å². The predicted molar refractivity (Wildman–Crippen MR) is 82.7 cm³/mol. The fourth-order valence-electron chi connectivity index (χ4n) is 2.03. The van der Waals surface area contributed by atoms with Gasteiger partial charge in [0.2, 0.25) is 0 Å². The van der Waals surface area contributed by atoms with Crippen LogP contribution in [0.15, 0.2) is 46.9 Å². The molecule has 0 bridgehead atoms. The molecule has 19 heavy (non-hydrogen) atoms. The van der Waals surface area contributed by atoms with Gasteiger partial charge in [-0.1, -0.05) is 33.6 Å². The molecule has 0 heterocycles. The first-order chi connectivity index (χ1) is 9.13. The Morgan fingerprint density at radius 3 is 2.37 bits per heavy atom. The Hall–Kier alpha value is -1.79. The van der Waals surface area contributed by atoms with Crippen LogP contribution < -0.4 is 4.90 Å². The average Bonchev–Trinajstić information content (AvgIpc) is 2.41. The molecule has 0 aromatic heterocycles. The second kappa shape index (κ2) is 5.90. The zero-order chi connectivity index (χ0) is 13.8. The number of aryl methyl sites for hydroxylation is 1. The molecular formula is C16H15BrN2. The highest BCUT2D eigenvalue weighted by Crippen LogP contribution is 2.29. The molecule has 0 aliphatic carbocycles. The van der Waals surface area contributed by atoms with Crippen LogP contribution in [0.5, 0.6) is 0 Å². The van der Waals surface area contributed by atoms with Crippen LogP contribution in [0.3, 0.4) is 0 Å². The molecule has 0 atom stereocenters. The Kier molecular flexibility index (Phi) is 4.24. The van der Waals surface area contributed by atoms with E-state index in [2.05, 4.69) is 65.0 Å². The summed E-state index contributed by atoms with van der Waals surface area (Å²) in [6, 6.07) is 16.4. The summed E-state index contributed by atoms with van der Waals surface area (Å²) < 4.78 is 0.923. The predicted octanol–water partition coefficient (Wildman–Crippen LogP) is 4.79. The SMILES string of the molecule is CCN(c1ccc(C)cc1)c1cc(Br)cc(C#N)c1. The van der Waals surface area contributed by atoms with Crippen molar-refractivity contribution in [3.63, 3.8) is 0 Å². The molecule has 2 nitrogen and oxygen atoms in total. The zero-order valence-corrected chi connectivity index (χ0v) is 12.6. The topological polar surface area (TPSA) is 27.0 Å². The van der Waals surface area contributed by atoms with Gasteiger partial charge in [-0.3, -0.25) is 0 Å². The molecule has 0 saturated heterocycles. The summed E-state index contributed by atoms with van der Waals surface area (Å²) in [5.41, 5.74) is 4.06. The standard InChI is InChI=1S/C16H15BrN2/c1-3-19(15-6-4-12(2)5-7-15)16-9-13(11-18)8-14(17)10-16/h4-10H,3H2,1-2H3. The highest BCUT2D eigenvalue weighted by atomic mass is 79.9. The third-order valence-corrected chi connectivity index (χ3v) is 3.44. The summed E-state index contributed by atoms with van der Waals surface area (Å²) in [6.07, 6.45) is 0. The minimum Gasteiger partial charge on any atom is -0.342 e. The molecule has 0 radical (unpaired) electrons. The summed E-state index contributed by atoms with van der Waals surface area (Å²) >= 11 is 3.46. The van der Waals surface area contributed by atoms with Crippen LogP contribution in [0.1, 0.15) is 18.1 Å². The van der Waals surface area contributed by atoms with E-state index in [0.29, 0.717) is 5.56 Å². The fraction of sp³-hybridized carbons (Fsp3) is 0.188. The molecule has 2 rings (SSSR count). The molecule has 2 aromatic rings. The Morgan fingerprint density at radius 2 is 1.79 bits per heavy atom. The molecule has 0 fully saturated rings. The maximum Gasteiger partial charge on any atom is 0.0992 e. The zero-order valence-electron chi connectivity index (χ0n) is 11.0. The number of halogens is 1. The lowest BCUT2D eigenvalue weighted by atomic mass is 10.1. The third kappa shape index (κ3) is 3.15. The number of rotatable bonds is 3. The molecule has 0 aliphatic heterocycles. The third-order valence-electron chi connectivity index (χ3n) is 2.99. The number of nitriles is 1. The van der Waals surface area contributed by atoms with Gasteiger partial charge >= 0.3 is 0 Å². The molecule has 0 unspecified atom stereocenters. The van der Waals surface area contributed by atoms with Crippen LogP contribution in [-0.4, -0.2) is 6.54 Å². The molecule has 96 valence electrons. The van der Waals surface area contributed by atoms with E-state index in [-0.39, 0.29) is 0 Å². The second-order valence-electron chi connectivity index (χ2n) is 4.39. The van der Waals surface area contributed by atoms with Gasteiger partial charge in [-0.05, 0) is 44.2 Å². The monoisotopic (exact) mass is 314 g/mol. The quantitative estimate of drug-likeness (QED) is 0.814. The lowest BCUT2D eigenvalue weighted by Crippen LogP contribution is -2.16. The van der Waals surface area contributed by atoms with Crippen molar-refractivity contribution in [2.75, 3.05) is 11.4 Å². The number of anilines is 2. The van der Waals surface area contributed by atoms with Crippen molar-refractivity contribution < 1.29 is 0 Å². The van der Waals surface area contributed by atoms with Gasteiger partial charge in [0.1, 0.15) is 0 Å². The molecule has 2 aromatic carbocycles. The molecule has 0 amide bonds. The van der Waals surface area contributed by atoms with Gasteiger partial charge in [0.15, 0.2) is 0 Å². The van der Waals surface area contributed by atoms with E-state index in [4.69, 9.17) is 5.26 Å². The van der Waals surface area contributed by atoms with Gasteiger partial charge in [-0.15, -0.1) is 0 Å². The summed E-state index contributed by atoms with van der Waals surface area (Å²) in [4.78, 5) is 2.19. The van der Waals surface area contributed by atoms with Crippen molar-refractivity contribution >= 4 is 27.3 Å². The Balaban J connectivity index is 2.45. The largest absolute Gasteiger partial charge is 0.342 e. The summed E-state index contributed by atoms with van der Waals surface area (Å²) in [6.45, 7) is 5.03. The summed E-state index contributed by atoms with van der Waals surface area (Å²) in [5, 5.41) is 9.06. The van der Waals surface area contributed by atoms with Gasteiger partial charge in [0.05, 0.1) is 11.6 Å². The van der Waals surface area contributed by atoms with Crippen molar-refractivity contribution in [2.24, 2.45) is 0 Å². The van der Waals surface area contributed by atoms with E-state index in [9.17, 15) is 0 Å². The number of nitrogens with zero attached hydrogens (tertiary/aromatic N) is 2. The van der Waals surface area contributed by atoms with E-state index < -0.39 is 0 Å². The number of benzene rings is 2. The van der Waals surface area contributed by atoms with Gasteiger partial charge in [-0.2, -0.15) is 5.26 Å². The van der Waals surface area contributed by atoms with Crippen LogP contribution in [0.25, 0.3) is 0 Å². The van der Waals surface area contributed by atoms with Crippen LogP contribution in [0, 0.1) is 18.3 Å². The van der Waals surface area contributed by atoms with Crippen molar-refractivity contribution in [1.82, 2.24) is 0 Å². The van der Waals surface area contributed by atoms with E-state index in [1.807, 2.05) is 18.2 Å². The van der Waals surface area contributed by atoms with Crippen LogP contribution >= 0.6 is 15.9 Å². The van der Waals surface area contributed by atoms with Crippen LogP contribution in [0.4, 0.5) is 11.4 Å². The molecule has 0 N–H and O–H groups in total. The molecular weight excluding hydrogens is 300 g/mol. The Bertz CT molecular complexity index is 612. The minimum atomic E-state index is 0.662. The fourth-order valence-corrected chi connectivity index (χ4v) is 2.51. The highest BCUT2D eigenvalue weighted by molar-refractivity contribution is 9.10. The van der Waals surface area contributed by atoms with Crippen LogP contribution in [0.2, 0.25) is 0 Å². The van der Waals surface area contributed by atoms with Crippen LogP contribution in [-0.2, 0) is 0 Å². The van der Waals surface area contributed by atoms with E-state index in [1.54, 1.807) is 0 Å². The molecule has 0 saturated carbocycles. The Morgan fingerprint density at radius 1 is 1.11 bits per heavy atom. The van der Waals surface area contributed by atoms with Crippen molar-refractivity contribution in [1.29, 1.82) is 5.26 Å². The first-order valence-electron chi connectivity index (χ1n) is 6.19. The molecule has 3 heteroatoms. The average molecular weight is 315 g/mol. The first-order valence-corrected chi connectivity index (χ1v) is 6.98. The minimum absolute atomic E-state index is 0.662. The van der Waals surface area contributed by atoms with Gasteiger partial charge in [0.25, 0.3) is 0 Å². The summed E-state index contributed by atoms with van der Waals surface area (Å²) in [5.74, 6) is 0. The molecule has 0 spiro atoms. The Labute approximate surface area is 122 Å². The lowest BCUT2D eigenvalue weighted by Gasteiger charge is -2.24. The maximum absolute atomic E-state index is 9.06. The highest BCUT2D eigenvalue weighted by Gasteiger charge is 2.09. The van der Waals surface area contributed by atoms with Gasteiger partial charge in [0, 0.05) is 22.4 Å². The lowest BCUT2D eigenvalue weighted by molar-refractivity contribution is 1.02. The number of hydrogen-bond acceptors (Lipinski definition) is 2. The van der Waals surface area contributed by atoms with Crippen molar-refractivity contribution in [2.45, 2.75) is 13.8 Å². The smallest absolute Gasteiger partial charge is 0.0992 e. The number of hydrogen-bond donors (Lipinski definition) is 0. The second-order valence-corrected chi connectivity index (χ2v) is 5.31. The first kappa shape index (κ1) is 13.6. The van der Waals surface area contributed by atoms with E-state index in [1.165, 1.54) is 5.56 Å². The normalized spacial score (nSPS) is 10.0. The maximum atomic E-state index is 9.06. The summed E-state index contributed by atoms with van der Waals surface area (Å²) in [7, 11) is 0. The van der Waals surface area contributed by atoms with Gasteiger partial charge in [-0.25, -0.2) is 0 Å². The van der Waals surface area contributed by atoms with Gasteiger partial charge < -0.3 is 4.90 Å². The van der Waals surface area contributed by atoms with Crippen molar-refractivity contribution in [3.05, 3.63) is 58.1 Å².